The Labute approximate surface area is 153 Å². The molecule has 1 amide bonds. The molecule has 2 aromatic carbocycles. The third-order valence-electron chi connectivity index (χ3n) is 3.35. The number of carbonyl (C=O) groups is 1. The summed E-state index contributed by atoms with van der Waals surface area (Å²) < 4.78 is 13.8. The van der Waals surface area contributed by atoms with Crippen LogP contribution in [-0.2, 0) is 4.79 Å². The molecule has 0 aliphatic heterocycles. The summed E-state index contributed by atoms with van der Waals surface area (Å²) in [5.74, 6) is -0.306. The Balaban J connectivity index is 1.65. The Morgan fingerprint density at radius 2 is 2.04 bits per heavy atom. The van der Waals surface area contributed by atoms with Crippen molar-refractivity contribution in [3.63, 3.8) is 0 Å². The third-order valence-corrected chi connectivity index (χ3v) is 4.55. The minimum absolute atomic E-state index is 0.0850. The molecule has 0 unspecified atom stereocenters. The molecule has 3 aromatic rings. The second kappa shape index (κ2) is 7.67. The quantitative estimate of drug-likeness (QED) is 0.648. The molecule has 0 aliphatic rings. The van der Waals surface area contributed by atoms with E-state index in [-0.39, 0.29) is 16.6 Å². The van der Waals surface area contributed by atoms with Crippen LogP contribution >= 0.6 is 23.4 Å². The molecule has 128 valence electrons. The standard InChI is InChI=1S/C17H14ClFN4OS/c1-10(16(24)20-14-8-7-12(18)9-13(14)19)25-17-21-15(22-23-17)11-5-3-2-4-6-11/h2-10H,1H3,(H,20,24)(H,21,22,23)/t10-/m0/s1. The highest BCUT2D eigenvalue weighted by atomic mass is 35.5. The summed E-state index contributed by atoms with van der Waals surface area (Å²) in [5.41, 5.74) is 0.990. The maximum absolute atomic E-state index is 13.8. The smallest absolute Gasteiger partial charge is 0.237 e. The van der Waals surface area contributed by atoms with Crippen molar-refractivity contribution in [1.29, 1.82) is 0 Å². The molecule has 0 saturated carbocycles. The summed E-state index contributed by atoms with van der Waals surface area (Å²) in [6.07, 6.45) is 0. The van der Waals surface area contributed by atoms with Gasteiger partial charge in [-0.3, -0.25) is 9.89 Å². The van der Waals surface area contributed by atoms with Crippen LogP contribution in [0.5, 0.6) is 0 Å². The molecule has 0 spiro atoms. The normalized spacial score (nSPS) is 12.0. The number of rotatable bonds is 5. The average molecular weight is 377 g/mol. The van der Waals surface area contributed by atoms with Gasteiger partial charge in [0, 0.05) is 10.6 Å². The van der Waals surface area contributed by atoms with E-state index in [1.807, 2.05) is 30.3 Å². The number of hydrogen-bond donors (Lipinski definition) is 2. The van der Waals surface area contributed by atoms with Gasteiger partial charge in [-0.15, -0.1) is 5.10 Å². The number of benzene rings is 2. The number of anilines is 1. The van der Waals surface area contributed by atoms with Gasteiger partial charge in [-0.25, -0.2) is 9.37 Å². The monoisotopic (exact) mass is 376 g/mol. The van der Waals surface area contributed by atoms with Crippen molar-refractivity contribution in [3.05, 3.63) is 59.4 Å². The summed E-state index contributed by atoms with van der Waals surface area (Å²) in [7, 11) is 0. The predicted octanol–water partition coefficient (Wildman–Crippen LogP) is 4.38. The Bertz CT molecular complexity index is 887. The predicted molar refractivity (Wildman–Crippen MR) is 97.2 cm³/mol. The van der Waals surface area contributed by atoms with Crippen molar-refractivity contribution in [2.75, 3.05) is 5.32 Å². The second-order valence-electron chi connectivity index (χ2n) is 5.21. The van der Waals surface area contributed by atoms with Crippen LogP contribution in [0.4, 0.5) is 10.1 Å². The lowest BCUT2D eigenvalue weighted by atomic mass is 10.2. The molecule has 1 atom stereocenters. The number of H-pyrrole nitrogens is 1. The minimum atomic E-state index is -0.581. The van der Waals surface area contributed by atoms with E-state index in [9.17, 15) is 9.18 Å². The maximum atomic E-state index is 13.8. The van der Waals surface area contributed by atoms with E-state index in [1.54, 1.807) is 6.92 Å². The van der Waals surface area contributed by atoms with Crippen molar-refractivity contribution in [2.24, 2.45) is 0 Å². The molecule has 0 bridgehead atoms. The van der Waals surface area contributed by atoms with Gasteiger partial charge in [-0.1, -0.05) is 53.7 Å². The molecule has 0 aliphatic carbocycles. The van der Waals surface area contributed by atoms with Gasteiger partial charge in [0.2, 0.25) is 11.1 Å². The lowest BCUT2D eigenvalue weighted by Crippen LogP contribution is -2.23. The van der Waals surface area contributed by atoms with E-state index in [4.69, 9.17) is 11.6 Å². The van der Waals surface area contributed by atoms with Crippen molar-refractivity contribution >= 4 is 35.0 Å². The zero-order valence-electron chi connectivity index (χ0n) is 13.2. The highest BCUT2D eigenvalue weighted by Crippen LogP contribution is 2.24. The van der Waals surface area contributed by atoms with Crippen molar-refractivity contribution in [2.45, 2.75) is 17.3 Å². The van der Waals surface area contributed by atoms with Gasteiger partial charge in [-0.2, -0.15) is 0 Å². The van der Waals surface area contributed by atoms with Crippen molar-refractivity contribution in [3.8, 4) is 11.4 Å². The van der Waals surface area contributed by atoms with Crippen molar-refractivity contribution < 1.29 is 9.18 Å². The molecule has 8 heteroatoms. The second-order valence-corrected chi connectivity index (χ2v) is 6.95. The highest BCUT2D eigenvalue weighted by Gasteiger charge is 2.18. The lowest BCUT2D eigenvalue weighted by Gasteiger charge is -2.10. The topological polar surface area (TPSA) is 70.7 Å². The summed E-state index contributed by atoms with van der Waals surface area (Å²) >= 11 is 6.88. The van der Waals surface area contributed by atoms with Crippen LogP contribution in [0.1, 0.15) is 6.92 Å². The van der Waals surface area contributed by atoms with Crippen LogP contribution in [0, 0.1) is 5.82 Å². The number of hydrogen-bond acceptors (Lipinski definition) is 4. The van der Waals surface area contributed by atoms with Gasteiger partial charge in [0.05, 0.1) is 10.9 Å². The van der Waals surface area contributed by atoms with Crippen LogP contribution in [-0.4, -0.2) is 26.3 Å². The van der Waals surface area contributed by atoms with Gasteiger partial charge >= 0.3 is 0 Å². The van der Waals surface area contributed by atoms with E-state index in [2.05, 4.69) is 20.5 Å². The number of aromatic nitrogens is 3. The summed E-state index contributed by atoms with van der Waals surface area (Å²) in [4.78, 5) is 16.6. The van der Waals surface area contributed by atoms with Crippen LogP contribution in [0.15, 0.2) is 53.7 Å². The van der Waals surface area contributed by atoms with Gasteiger partial charge < -0.3 is 5.32 Å². The van der Waals surface area contributed by atoms with Crippen LogP contribution in [0.2, 0.25) is 5.02 Å². The Kier molecular flexibility index (Phi) is 5.35. The first-order chi connectivity index (χ1) is 12.0. The number of carbonyl (C=O) groups excluding carboxylic acids is 1. The maximum Gasteiger partial charge on any atom is 0.237 e. The largest absolute Gasteiger partial charge is 0.323 e. The molecule has 1 aromatic heterocycles. The minimum Gasteiger partial charge on any atom is -0.323 e. The van der Waals surface area contributed by atoms with Gasteiger partial charge in [0.15, 0.2) is 5.82 Å². The number of nitrogens with zero attached hydrogens (tertiary/aromatic N) is 2. The van der Waals surface area contributed by atoms with E-state index in [0.29, 0.717) is 11.0 Å². The van der Waals surface area contributed by atoms with Gasteiger partial charge in [-0.05, 0) is 25.1 Å². The molecule has 0 saturated heterocycles. The highest BCUT2D eigenvalue weighted by molar-refractivity contribution is 8.00. The first kappa shape index (κ1) is 17.4. The molecular formula is C17H14ClFN4OS. The zero-order valence-corrected chi connectivity index (χ0v) is 14.7. The molecule has 3 rings (SSSR count). The summed E-state index contributed by atoms with van der Waals surface area (Å²) in [5, 5.41) is 9.69. The number of amides is 1. The SMILES string of the molecule is C[C@H](Sc1n[nH]c(-c2ccccc2)n1)C(=O)Nc1ccc(Cl)cc1F. The molecule has 1 heterocycles. The van der Waals surface area contributed by atoms with Crippen LogP contribution < -0.4 is 5.32 Å². The van der Waals surface area contributed by atoms with Crippen LogP contribution in [0.3, 0.4) is 0 Å². The lowest BCUT2D eigenvalue weighted by molar-refractivity contribution is -0.115. The molecule has 5 nitrogen and oxygen atoms in total. The number of halogens is 2. The molecule has 0 radical (unpaired) electrons. The zero-order chi connectivity index (χ0) is 17.8. The molecule has 0 fully saturated rings. The number of aromatic amines is 1. The fraction of sp³-hybridized carbons (Fsp3) is 0.118. The first-order valence-corrected chi connectivity index (χ1v) is 8.69. The molecule has 2 N–H and O–H groups in total. The third kappa shape index (κ3) is 4.37. The summed E-state index contributed by atoms with van der Waals surface area (Å²) in [6.45, 7) is 1.70. The Morgan fingerprint density at radius 3 is 2.76 bits per heavy atom. The molecular weight excluding hydrogens is 363 g/mol. The van der Waals surface area contributed by atoms with Gasteiger partial charge in [0.1, 0.15) is 5.82 Å². The van der Waals surface area contributed by atoms with Gasteiger partial charge in [0.25, 0.3) is 0 Å². The Morgan fingerprint density at radius 1 is 1.28 bits per heavy atom. The number of thioether (sulfide) groups is 1. The fourth-order valence-corrected chi connectivity index (χ4v) is 2.94. The average Bonchev–Trinajstić information content (AvgIpc) is 3.06. The van der Waals surface area contributed by atoms with E-state index in [0.717, 1.165) is 11.6 Å². The summed E-state index contributed by atoms with van der Waals surface area (Å²) in [6, 6.07) is 13.6. The Hall–Kier alpha value is -2.38. The van der Waals surface area contributed by atoms with E-state index in [1.165, 1.54) is 23.9 Å². The van der Waals surface area contributed by atoms with Crippen LogP contribution in [0.25, 0.3) is 11.4 Å². The van der Waals surface area contributed by atoms with E-state index >= 15 is 0 Å². The first-order valence-electron chi connectivity index (χ1n) is 7.43. The molecule has 25 heavy (non-hydrogen) atoms. The van der Waals surface area contributed by atoms with Crippen molar-refractivity contribution in [1.82, 2.24) is 15.2 Å². The fourth-order valence-electron chi connectivity index (χ4n) is 2.06. The number of nitrogens with one attached hydrogen (secondary N) is 2. The van der Waals surface area contributed by atoms with E-state index < -0.39 is 11.1 Å².